The molecule has 1 unspecified atom stereocenters. The molecule has 3 nitrogen and oxygen atoms in total. The maximum absolute atomic E-state index is 12.1. The monoisotopic (exact) mass is 307 g/mol. The predicted octanol–water partition coefficient (Wildman–Crippen LogP) is 3.18. The first kappa shape index (κ1) is 15.0. The van der Waals surface area contributed by atoms with Gasteiger partial charge in [-0.2, -0.15) is 0 Å². The summed E-state index contributed by atoms with van der Waals surface area (Å²) in [5.41, 5.74) is 1.67. The van der Waals surface area contributed by atoms with Gasteiger partial charge in [-0.3, -0.25) is 0 Å². The van der Waals surface area contributed by atoms with Crippen molar-refractivity contribution < 1.29 is 8.42 Å². The van der Waals surface area contributed by atoms with Crippen LogP contribution in [0.5, 0.6) is 0 Å². The van der Waals surface area contributed by atoms with Crippen molar-refractivity contribution in [3.05, 3.63) is 29.8 Å². The zero-order valence-electron chi connectivity index (χ0n) is 13.3. The van der Waals surface area contributed by atoms with E-state index in [2.05, 4.69) is 33.0 Å². The number of fused-ring (bicyclic) bond motifs is 1. The fraction of sp³-hybridized carbons (Fsp3) is 0.647. The third kappa shape index (κ3) is 2.23. The van der Waals surface area contributed by atoms with Gasteiger partial charge in [-0.1, -0.05) is 45.9 Å². The Kier molecular flexibility index (Phi) is 3.27. The van der Waals surface area contributed by atoms with Crippen molar-refractivity contribution in [2.75, 3.05) is 12.3 Å². The van der Waals surface area contributed by atoms with Crippen LogP contribution in [0.1, 0.15) is 45.7 Å². The van der Waals surface area contributed by atoms with E-state index in [1.807, 2.05) is 18.2 Å². The van der Waals surface area contributed by atoms with Crippen molar-refractivity contribution in [3.8, 4) is 0 Å². The van der Waals surface area contributed by atoms with Gasteiger partial charge in [0.15, 0.2) is 9.84 Å². The van der Waals surface area contributed by atoms with Gasteiger partial charge in [-0.05, 0) is 41.3 Å². The van der Waals surface area contributed by atoms with Gasteiger partial charge in [-0.25, -0.2) is 8.42 Å². The van der Waals surface area contributed by atoms with Gasteiger partial charge in [0.2, 0.25) is 0 Å². The molecule has 0 spiro atoms. The molecule has 1 heterocycles. The van der Waals surface area contributed by atoms with Gasteiger partial charge in [0, 0.05) is 6.04 Å². The number of hydrogen-bond acceptors (Lipinski definition) is 3. The molecule has 4 heteroatoms. The first-order valence-electron chi connectivity index (χ1n) is 7.73. The molecule has 1 aromatic rings. The van der Waals surface area contributed by atoms with Crippen molar-refractivity contribution in [2.24, 2.45) is 16.7 Å². The summed E-state index contributed by atoms with van der Waals surface area (Å²) >= 11 is 0. The molecule has 116 valence electrons. The topological polar surface area (TPSA) is 46.2 Å². The van der Waals surface area contributed by atoms with Crippen LogP contribution in [-0.4, -0.2) is 20.7 Å². The summed E-state index contributed by atoms with van der Waals surface area (Å²) in [7, 11) is -3.08. The van der Waals surface area contributed by atoms with Gasteiger partial charge in [0.05, 0.1) is 10.6 Å². The molecule has 0 radical (unpaired) electrons. The molecule has 1 aliphatic heterocycles. The molecule has 0 aromatic heterocycles. The van der Waals surface area contributed by atoms with Gasteiger partial charge in [-0.15, -0.1) is 0 Å². The van der Waals surface area contributed by atoms with Crippen LogP contribution in [0, 0.1) is 16.7 Å². The number of sulfone groups is 1. The molecular formula is C17H25NO2S. The third-order valence-electron chi connectivity index (χ3n) is 6.19. The van der Waals surface area contributed by atoms with E-state index in [-0.39, 0.29) is 11.8 Å². The second kappa shape index (κ2) is 4.56. The molecule has 1 N–H and O–H groups in total. The van der Waals surface area contributed by atoms with Crippen LogP contribution in [0.4, 0.5) is 0 Å². The second-order valence-electron chi connectivity index (χ2n) is 7.60. The maximum Gasteiger partial charge on any atom is 0.178 e. The summed E-state index contributed by atoms with van der Waals surface area (Å²) in [4.78, 5) is 0.517. The molecule has 1 aromatic carbocycles. The van der Waals surface area contributed by atoms with Crippen molar-refractivity contribution >= 4 is 9.84 Å². The molecule has 0 bridgehead atoms. The third-order valence-corrected chi connectivity index (χ3v) is 8.01. The van der Waals surface area contributed by atoms with Crippen molar-refractivity contribution in [1.82, 2.24) is 5.32 Å². The molecule has 3 rings (SSSR count). The zero-order chi connectivity index (χ0) is 15.5. The Hall–Kier alpha value is -0.870. The Morgan fingerprint density at radius 3 is 2.38 bits per heavy atom. The molecule has 1 fully saturated rings. The normalized spacial score (nSPS) is 28.9. The van der Waals surface area contributed by atoms with Crippen LogP contribution in [0.25, 0.3) is 0 Å². The molecule has 21 heavy (non-hydrogen) atoms. The van der Waals surface area contributed by atoms with E-state index >= 15 is 0 Å². The minimum absolute atomic E-state index is 0.164. The van der Waals surface area contributed by atoms with Crippen LogP contribution in [0.2, 0.25) is 0 Å². The van der Waals surface area contributed by atoms with Crippen molar-refractivity contribution in [1.29, 1.82) is 0 Å². The van der Waals surface area contributed by atoms with E-state index < -0.39 is 9.84 Å². The Morgan fingerprint density at radius 2 is 1.76 bits per heavy atom. The minimum Gasteiger partial charge on any atom is -0.310 e. The van der Waals surface area contributed by atoms with Gasteiger partial charge in [0.1, 0.15) is 0 Å². The molecular weight excluding hydrogens is 282 g/mol. The van der Waals surface area contributed by atoms with Crippen LogP contribution in [0.3, 0.4) is 0 Å². The average Bonchev–Trinajstić information content (AvgIpc) is 2.80. The number of nitrogens with one attached hydrogen (secondary N) is 1. The number of rotatable bonds is 3. The summed E-state index contributed by atoms with van der Waals surface area (Å²) in [6.07, 6.45) is 0.674. The fourth-order valence-corrected chi connectivity index (χ4v) is 5.53. The highest BCUT2D eigenvalue weighted by atomic mass is 32.2. The summed E-state index contributed by atoms with van der Waals surface area (Å²) in [5.74, 6) is 0.898. The molecule has 2 aliphatic rings. The van der Waals surface area contributed by atoms with E-state index in [1.165, 1.54) is 0 Å². The highest BCUT2D eigenvalue weighted by Crippen LogP contribution is 2.68. The van der Waals surface area contributed by atoms with Crippen molar-refractivity contribution in [3.63, 3.8) is 0 Å². The average molecular weight is 307 g/mol. The van der Waals surface area contributed by atoms with Crippen LogP contribution >= 0.6 is 0 Å². The summed E-state index contributed by atoms with van der Waals surface area (Å²) in [5, 5.41) is 3.62. The largest absolute Gasteiger partial charge is 0.310 e. The summed E-state index contributed by atoms with van der Waals surface area (Å²) < 4.78 is 24.3. The number of benzene rings is 1. The minimum atomic E-state index is -3.08. The van der Waals surface area contributed by atoms with E-state index in [1.54, 1.807) is 6.07 Å². The lowest BCUT2D eigenvalue weighted by atomic mass is 10.0. The predicted molar refractivity (Wildman–Crippen MR) is 84.9 cm³/mol. The highest BCUT2D eigenvalue weighted by molar-refractivity contribution is 7.91. The Labute approximate surface area is 128 Å². The molecule has 0 amide bonds. The molecule has 1 atom stereocenters. The Morgan fingerprint density at radius 1 is 1.14 bits per heavy atom. The lowest BCUT2D eigenvalue weighted by Crippen LogP contribution is -2.31. The summed E-state index contributed by atoms with van der Waals surface area (Å²) in [6.45, 7) is 10.2. The lowest BCUT2D eigenvalue weighted by Gasteiger charge is -2.26. The zero-order valence-corrected chi connectivity index (χ0v) is 14.1. The first-order chi connectivity index (χ1) is 9.68. The van der Waals surface area contributed by atoms with Gasteiger partial charge in [0.25, 0.3) is 0 Å². The Balaban J connectivity index is 1.77. The highest BCUT2D eigenvalue weighted by Gasteiger charge is 2.64. The summed E-state index contributed by atoms with van der Waals surface area (Å²) in [6, 6.07) is 7.60. The number of hydrogen-bond donors (Lipinski definition) is 1. The van der Waals surface area contributed by atoms with Crippen LogP contribution in [-0.2, 0) is 9.84 Å². The standard InChI is InChI=1S/C17H25NO2S/c1-16(2)15(17(16,3)4)11-18-13-9-10-21(19,20)14-8-6-5-7-12(13)14/h5-8,13,15,18H,9-11H2,1-4H3. The maximum atomic E-state index is 12.1. The smallest absolute Gasteiger partial charge is 0.178 e. The van der Waals surface area contributed by atoms with Gasteiger partial charge < -0.3 is 5.32 Å². The fourth-order valence-electron chi connectivity index (χ4n) is 3.91. The first-order valence-corrected chi connectivity index (χ1v) is 9.38. The van der Waals surface area contributed by atoms with E-state index in [4.69, 9.17) is 0 Å². The van der Waals surface area contributed by atoms with Crippen LogP contribution < -0.4 is 5.32 Å². The Bertz CT molecular complexity index is 647. The molecule has 1 aliphatic carbocycles. The van der Waals surface area contributed by atoms with E-state index in [0.717, 1.165) is 12.1 Å². The van der Waals surface area contributed by atoms with Crippen LogP contribution in [0.15, 0.2) is 29.2 Å². The quantitative estimate of drug-likeness (QED) is 0.933. The SMILES string of the molecule is CC1(C)C(CNC2CCS(=O)(=O)c3ccccc32)C1(C)C. The van der Waals surface area contributed by atoms with E-state index in [9.17, 15) is 8.42 Å². The van der Waals surface area contributed by atoms with E-state index in [0.29, 0.717) is 28.1 Å². The van der Waals surface area contributed by atoms with Crippen molar-refractivity contribution in [2.45, 2.75) is 45.1 Å². The second-order valence-corrected chi connectivity index (χ2v) is 9.68. The molecule has 0 saturated heterocycles. The lowest BCUT2D eigenvalue weighted by molar-refractivity contribution is 0.448. The molecule has 1 saturated carbocycles. The van der Waals surface area contributed by atoms with Gasteiger partial charge >= 0.3 is 0 Å².